The second-order valence-electron chi connectivity index (χ2n) is 7.86. The first kappa shape index (κ1) is 21.2. The van der Waals surface area contributed by atoms with Crippen molar-refractivity contribution in [3.63, 3.8) is 0 Å². The lowest BCUT2D eigenvalue weighted by Gasteiger charge is -2.17. The van der Waals surface area contributed by atoms with E-state index in [-0.39, 0.29) is 17.5 Å². The van der Waals surface area contributed by atoms with Crippen LogP contribution in [-0.4, -0.2) is 32.8 Å². The van der Waals surface area contributed by atoms with Crippen LogP contribution in [0, 0.1) is 13.8 Å². The molecule has 158 valence electrons. The van der Waals surface area contributed by atoms with Crippen molar-refractivity contribution < 1.29 is 23.4 Å². The number of fused-ring (bicyclic) bond motifs is 3. The van der Waals surface area contributed by atoms with Crippen molar-refractivity contribution in [1.29, 1.82) is 0 Å². The Balaban J connectivity index is 0.000000275. The summed E-state index contributed by atoms with van der Waals surface area (Å²) in [5.74, 6) is 1.20. The number of benzene rings is 1. The van der Waals surface area contributed by atoms with Crippen LogP contribution >= 0.6 is 0 Å². The molecule has 0 saturated carbocycles. The fraction of sp³-hybridized carbons (Fsp3) is 0.381. The number of hydrogen-bond acceptors (Lipinski definition) is 8. The maximum Gasteiger partial charge on any atom is 0.303 e. The molecule has 0 radical (unpaired) electrons. The lowest BCUT2D eigenvalue weighted by molar-refractivity contribution is -0.151. The van der Waals surface area contributed by atoms with Gasteiger partial charge in [0.25, 0.3) is 11.8 Å². The zero-order valence-electron chi connectivity index (χ0n) is 17.8. The topological polar surface area (TPSA) is 120 Å². The van der Waals surface area contributed by atoms with E-state index >= 15 is 0 Å². The van der Waals surface area contributed by atoms with Crippen LogP contribution in [0.3, 0.4) is 0 Å². The number of carbonyl (C=O) groups is 2. The normalized spacial score (nSPS) is 12.7. The van der Waals surface area contributed by atoms with Crippen LogP contribution in [0.5, 0.6) is 0 Å². The minimum atomic E-state index is -0.328. The maximum absolute atomic E-state index is 12.3. The third-order valence-electron chi connectivity index (χ3n) is 4.10. The van der Waals surface area contributed by atoms with E-state index in [9.17, 15) is 9.59 Å². The molecule has 0 bridgehead atoms. The van der Waals surface area contributed by atoms with E-state index in [1.807, 2.05) is 39.8 Å². The summed E-state index contributed by atoms with van der Waals surface area (Å²) in [6.45, 7) is 10.9. The SMILES string of the molecule is CC(=O)OC(C)(C)C.Cc1noc(-c2ccc3c(c2)C(=O)NCc2onc(C)c2-3)n1. The largest absolute Gasteiger partial charge is 0.460 e. The Morgan fingerprint density at radius 1 is 1.13 bits per heavy atom. The minimum Gasteiger partial charge on any atom is -0.460 e. The number of hydrogen-bond donors (Lipinski definition) is 1. The second kappa shape index (κ2) is 8.10. The molecule has 1 aliphatic rings. The molecule has 1 aliphatic heterocycles. The van der Waals surface area contributed by atoms with Gasteiger partial charge in [-0.3, -0.25) is 9.59 Å². The molecule has 1 N–H and O–H groups in total. The fourth-order valence-electron chi connectivity index (χ4n) is 3.07. The number of amides is 1. The van der Waals surface area contributed by atoms with Crippen LogP contribution in [0.15, 0.2) is 27.2 Å². The molecule has 30 heavy (non-hydrogen) atoms. The molecule has 0 spiro atoms. The number of nitrogens with one attached hydrogen (secondary N) is 1. The van der Waals surface area contributed by atoms with E-state index < -0.39 is 0 Å². The predicted octanol–water partition coefficient (Wildman–Crippen LogP) is 3.60. The van der Waals surface area contributed by atoms with Gasteiger partial charge in [-0.25, -0.2) is 0 Å². The van der Waals surface area contributed by atoms with Gasteiger partial charge < -0.3 is 19.1 Å². The molecule has 9 nitrogen and oxygen atoms in total. The Kier molecular flexibility index (Phi) is 5.73. The highest BCUT2D eigenvalue weighted by Gasteiger charge is 2.26. The average Bonchev–Trinajstić information content (AvgIpc) is 3.19. The molecule has 2 aromatic heterocycles. The lowest BCUT2D eigenvalue weighted by Crippen LogP contribution is -2.21. The number of ether oxygens (including phenoxy) is 1. The first-order valence-electron chi connectivity index (χ1n) is 9.43. The molecular weight excluding hydrogens is 388 g/mol. The first-order chi connectivity index (χ1) is 14.0. The third kappa shape index (κ3) is 4.73. The summed E-state index contributed by atoms with van der Waals surface area (Å²) in [4.78, 5) is 26.8. The highest BCUT2D eigenvalue weighted by Crippen LogP contribution is 2.34. The number of aryl methyl sites for hydroxylation is 2. The predicted molar refractivity (Wildman–Crippen MR) is 107 cm³/mol. The van der Waals surface area contributed by atoms with Crippen molar-refractivity contribution in [3.8, 4) is 22.6 Å². The summed E-state index contributed by atoms with van der Waals surface area (Å²) in [7, 11) is 0. The highest BCUT2D eigenvalue weighted by atomic mass is 16.6. The molecule has 9 heteroatoms. The van der Waals surface area contributed by atoms with Gasteiger partial charge in [-0.2, -0.15) is 4.98 Å². The van der Waals surface area contributed by atoms with Crippen molar-refractivity contribution in [1.82, 2.24) is 20.6 Å². The van der Waals surface area contributed by atoms with E-state index in [1.54, 1.807) is 13.0 Å². The molecular formula is C21H24N4O5. The van der Waals surface area contributed by atoms with Crippen LogP contribution in [-0.2, 0) is 16.1 Å². The van der Waals surface area contributed by atoms with E-state index in [4.69, 9.17) is 13.8 Å². The number of esters is 1. The first-order valence-corrected chi connectivity index (χ1v) is 9.43. The van der Waals surface area contributed by atoms with E-state index in [2.05, 4.69) is 20.6 Å². The van der Waals surface area contributed by atoms with Gasteiger partial charge in [0.05, 0.1) is 17.8 Å². The monoisotopic (exact) mass is 412 g/mol. The number of carbonyl (C=O) groups excluding carboxylic acids is 2. The average molecular weight is 412 g/mol. The van der Waals surface area contributed by atoms with Crippen LogP contribution in [0.25, 0.3) is 22.6 Å². The summed E-state index contributed by atoms with van der Waals surface area (Å²) in [6.07, 6.45) is 0. The van der Waals surface area contributed by atoms with Gasteiger partial charge in [0.15, 0.2) is 11.6 Å². The molecule has 3 aromatic rings. The maximum atomic E-state index is 12.3. The molecule has 1 aromatic carbocycles. The molecule has 0 fully saturated rings. The van der Waals surface area contributed by atoms with Gasteiger partial charge in [0.1, 0.15) is 5.60 Å². The Morgan fingerprint density at radius 2 is 1.87 bits per heavy atom. The Labute approximate surface area is 173 Å². The number of nitrogens with zero attached hydrogens (tertiary/aromatic N) is 3. The van der Waals surface area contributed by atoms with E-state index in [0.717, 1.165) is 16.8 Å². The molecule has 1 amide bonds. The molecule has 4 rings (SSSR count). The smallest absolute Gasteiger partial charge is 0.303 e. The summed E-state index contributed by atoms with van der Waals surface area (Å²) < 4.78 is 15.2. The quantitative estimate of drug-likeness (QED) is 0.602. The second-order valence-corrected chi connectivity index (χ2v) is 7.86. The zero-order chi connectivity index (χ0) is 22.1. The number of rotatable bonds is 1. The van der Waals surface area contributed by atoms with Gasteiger partial charge in [0, 0.05) is 18.1 Å². The lowest BCUT2D eigenvalue weighted by atomic mass is 9.97. The van der Waals surface area contributed by atoms with Crippen molar-refractivity contribution in [3.05, 3.63) is 41.0 Å². The van der Waals surface area contributed by atoms with Gasteiger partial charge in [-0.15, -0.1) is 0 Å². The van der Waals surface area contributed by atoms with Crippen molar-refractivity contribution in [2.24, 2.45) is 0 Å². The van der Waals surface area contributed by atoms with Crippen LogP contribution in [0.4, 0.5) is 0 Å². The summed E-state index contributed by atoms with van der Waals surface area (Å²) in [5, 5.41) is 10.6. The van der Waals surface area contributed by atoms with Crippen LogP contribution < -0.4 is 5.32 Å². The molecule has 0 unspecified atom stereocenters. The summed E-state index contributed by atoms with van der Waals surface area (Å²) in [6, 6.07) is 5.46. The Hall–Kier alpha value is -3.49. The standard InChI is InChI=1S/C15H12N4O3.C6H12O2/c1-7-13-10-4-3-9(15-17-8(2)19-22-15)5-11(10)14(20)16-6-12(13)21-18-7;1-5(7)8-6(2,3)4/h3-5H,6H2,1-2H3,(H,16,20);1-4H3. The third-order valence-corrected chi connectivity index (χ3v) is 4.10. The van der Waals surface area contributed by atoms with Crippen molar-refractivity contribution in [2.45, 2.75) is 53.7 Å². The van der Waals surface area contributed by atoms with Crippen molar-refractivity contribution in [2.75, 3.05) is 0 Å². The Morgan fingerprint density at radius 3 is 2.43 bits per heavy atom. The van der Waals surface area contributed by atoms with Gasteiger partial charge in [-0.1, -0.05) is 16.4 Å². The van der Waals surface area contributed by atoms with Gasteiger partial charge in [0.2, 0.25) is 0 Å². The van der Waals surface area contributed by atoms with Gasteiger partial charge >= 0.3 is 5.97 Å². The van der Waals surface area contributed by atoms with E-state index in [0.29, 0.717) is 35.1 Å². The van der Waals surface area contributed by atoms with E-state index in [1.165, 1.54) is 6.92 Å². The van der Waals surface area contributed by atoms with Gasteiger partial charge in [-0.05, 0) is 52.3 Å². The molecule has 0 atom stereocenters. The minimum absolute atomic E-state index is 0.168. The molecule has 0 saturated heterocycles. The summed E-state index contributed by atoms with van der Waals surface area (Å²) in [5.41, 5.74) is 3.33. The highest BCUT2D eigenvalue weighted by molar-refractivity contribution is 6.03. The fourth-order valence-corrected chi connectivity index (χ4v) is 3.07. The molecule has 3 heterocycles. The van der Waals surface area contributed by atoms with Crippen molar-refractivity contribution >= 4 is 11.9 Å². The zero-order valence-corrected chi connectivity index (χ0v) is 17.8. The summed E-state index contributed by atoms with van der Waals surface area (Å²) >= 11 is 0. The number of aromatic nitrogens is 3. The molecule has 0 aliphatic carbocycles. The Bertz CT molecular complexity index is 1090. The van der Waals surface area contributed by atoms with Crippen LogP contribution in [0.2, 0.25) is 0 Å². The van der Waals surface area contributed by atoms with Crippen LogP contribution in [0.1, 0.15) is 55.3 Å².